The van der Waals surface area contributed by atoms with Gasteiger partial charge in [-0.1, -0.05) is 36.8 Å². The van der Waals surface area contributed by atoms with Crippen molar-refractivity contribution in [3.05, 3.63) is 66.0 Å². The molecule has 1 aliphatic rings. The molecule has 0 bridgehead atoms. The van der Waals surface area contributed by atoms with Crippen LogP contribution in [0.25, 0.3) is 0 Å². The molecule has 2 heterocycles. The van der Waals surface area contributed by atoms with E-state index in [1.807, 2.05) is 54.6 Å². The molecule has 1 aliphatic heterocycles. The second-order valence-corrected chi connectivity index (χ2v) is 7.11. The fraction of sp³-hybridized carbons (Fsp3) is 0.318. The number of hydrogen-bond acceptors (Lipinski definition) is 4. The zero-order chi connectivity index (χ0) is 20.1. The predicted molar refractivity (Wildman–Crippen MR) is 112 cm³/mol. The van der Waals surface area contributed by atoms with Gasteiger partial charge in [0.2, 0.25) is 5.95 Å². The number of rotatable bonds is 5. The standard InChI is InChI=1S/C22H25N5O2/c1-29-19-13-11-17(12-14-19)16-27(22(28)23-18-8-4-2-5-9-18)21-25-24-20-10-6-3-7-15-26(20)21/h2,4-5,8-9,11-14H,3,6-7,10,15-16H2,1H3,(H,23,28). The van der Waals surface area contributed by atoms with E-state index in [4.69, 9.17) is 4.74 Å². The first-order valence-corrected chi connectivity index (χ1v) is 9.93. The Morgan fingerprint density at radius 2 is 1.86 bits per heavy atom. The molecule has 150 valence electrons. The molecule has 0 spiro atoms. The molecule has 7 nitrogen and oxygen atoms in total. The largest absolute Gasteiger partial charge is 0.497 e. The monoisotopic (exact) mass is 391 g/mol. The lowest BCUT2D eigenvalue weighted by Crippen LogP contribution is -2.36. The minimum Gasteiger partial charge on any atom is -0.497 e. The van der Waals surface area contributed by atoms with E-state index in [1.165, 1.54) is 0 Å². The Bertz CT molecular complexity index is 953. The van der Waals surface area contributed by atoms with Crippen molar-refractivity contribution in [3.63, 3.8) is 0 Å². The summed E-state index contributed by atoms with van der Waals surface area (Å²) < 4.78 is 7.33. The molecule has 29 heavy (non-hydrogen) atoms. The van der Waals surface area contributed by atoms with Crippen molar-refractivity contribution in [1.29, 1.82) is 0 Å². The number of fused-ring (bicyclic) bond motifs is 1. The number of carbonyl (C=O) groups excluding carboxylic acids is 1. The molecule has 2 amide bonds. The van der Waals surface area contributed by atoms with Crippen LogP contribution in [-0.2, 0) is 19.5 Å². The first kappa shape index (κ1) is 19.0. The lowest BCUT2D eigenvalue weighted by atomic mass is 10.2. The number of benzene rings is 2. The molecule has 0 saturated heterocycles. The average molecular weight is 391 g/mol. The Balaban J connectivity index is 1.64. The summed E-state index contributed by atoms with van der Waals surface area (Å²) in [5.74, 6) is 2.32. The summed E-state index contributed by atoms with van der Waals surface area (Å²) in [6.07, 6.45) is 4.22. The molecule has 7 heteroatoms. The van der Waals surface area contributed by atoms with Crippen molar-refractivity contribution in [1.82, 2.24) is 14.8 Å². The number of hydrogen-bond donors (Lipinski definition) is 1. The molecule has 0 fully saturated rings. The molecule has 0 aliphatic carbocycles. The molecule has 4 rings (SSSR count). The normalized spacial score (nSPS) is 13.3. The van der Waals surface area contributed by atoms with Crippen molar-refractivity contribution in [2.24, 2.45) is 0 Å². The van der Waals surface area contributed by atoms with Crippen LogP contribution in [0.2, 0.25) is 0 Å². The molecular formula is C22H25N5O2. The topological polar surface area (TPSA) is 72.3 Å². The third-order valence-electron chi connectivity index (χ3n) is 5.10. The van der Waals surface area contributed by atoms with Gasteiger partial charge in [0.05, 0.1) is 13.7 Å². The lowest BCUT2D eigenvalue weighted by molar-refractivity contribution is 0.256. The fourth-order valence-electron chi connectivity index (χ4n) is 3.53. The van der Waals surface area contributed by atoms with Gasteiger partial charge in [-0.15, -0.1) is 10.2 Å². The second kappa shape index (κ2) is 8.77. The van der Waals surface area contributed by atoms with Crippen LogP contribution in [0.4, 0.5) is 16.4 Å². The van der Waals surface area contributed by atoms with E-state index in [2.05, 4.69) is 20.1 Å². The number of methoxy groups -OCH3 is 1. The van der Waals surface area contributed by atoms with Crippen LogP contribution in [0, 0.1) is 0 Å². The summed E-state index contributed by atoms with van der Waals surface area (Å²) in [6, 6.07) is 16.9. The summed E-state index contributed by atoms with van der Waals surface area (Å²) in [4.78, 5) is 14.9. The van der Waals surface area contributed by atoms with Crippen LogP contribution < -0.4 is 15.0 Å². The van der Waals surface area contributed by atoms with E-state index in [9.17, 15) is 4.79 Å². The first-order valence-electron chi connectivity index (χ1n) is 9.93. The van der Waals surface area contributed by atoms with Gasteiger partial charge >= 0.3 is 6.03 Å². The number of urea groups is 1. The van der Waals surface area contributed by atoms with Crippen molar-refractivity contribution in [3.8, 4) is 5.75 Å². The van der Waals surface area contributed by atoms with Crippen LogP contribution in [0.5, 0.6) is 5.75 Å². The van der Waals surface area contributed by atoms with E-state index in [1.54, 1.807) is 12.0 Å². The minimum absolute atomic E-state index is 0.230. The number of amides is 2. The molecule has 2 aromatic carbocycles. The highest BCUT2D eigenvalue weighted by Gasteiger charge is 2.25. The zero-order valence-corrected chi connectivity index (χ0v) is 16.5. The van der Waals surface area contributed by atoms with E-state index >= 15 is 0 Å². The predicted octanol–water partition coefficient (Wildman–Crippen LogP) is 4.25. The van der Waals surface area contributed by atoms with Crippen LogP contribution in [-0.4, -0.2) is 27.9 Å². The highest BCUT2D eigenvalue weighted by Crippen LogP contribution is 2.23. The smallest absolute Gasteiger partial charge is 0.329 e. The summed E-state index contributed by atoms with van der Waals surface area (Å²) in [6.45, 7) is 1.22. The second-order valence-electron chi connectivity index (χ2n) is 7.11. The van der Waals surface area contributed by atoms with E-state index < -0.39 is 0 Å². The van der Waals surface area contributed by atoms with Crippen molar-refractivity contribution >= 4 is 17.7 Å². The van der Waals surface area contributed by atoms with Gasteiger partial charge in [0.1, 0.15) is 11.6 Å². The Morgan fingerprint density at radius 1 is 1.07 bits per heavy atom. The Labute approximate surface area is 170 Å². The molecule has 0 atom stereocenters. The molecule has 3 aromatic rings. The SMILES string of the molecule is COc1ccc(CN(C(=O)Nc2ccccc2)c2nnc3n2CCCCC3)cc1. The number of aryl methyl sites for hydroxylation is 1. The summed E-state index contributed by atoms with van der Waals surface area (Å²) in [5, 5.41) is 11.7. The summed E-state index contributed by atoms with van der Waals surface area (Å²) in [5.41, 5.74) is 1.73. The van der Waals surface area contributed by atoms with Gasteiger partial charge in [-0.2, -0.15) is 0 Å². The summed E-state index contributed by atoms with van der Waals surface area (Å²) >= 11 is 0. The van der Waals surface area contributed by atoms with E-state index in [-0.39, 0.29) is 6.03 Å². The Kier molecular flexibility index (Phi) is 5.74. The molecule has 0 saturated carbocycles. The third-order valence-corrected chi connectivity index (χ3v) is 5.10. The fourth-order valence-corrected chi connectivity index (χ4v) is 3.53. The number of carbonyl (C=O) groups is 1. The average Bonchev–Trinajstić information content (AvgIpc) is 3.00. The van der Waals surface area contributed by atoms with Gasteiger partial charge < -0.3 is 10.1 Å². The number of ether oxygens (including phenoxy) is 1. The number of aromatic nitrogens is 3. The molecule has 0 radical (unpaired) electrons. The van der Waals surface area contributed by atoms with Gasteiger partial charge in [-0.05, 0) is 42.7 Å². The third kappa shape index (κ3) is 4.39. The van der Waals surface area contributed by atoms with Crippen molar-refractivity contribution < 1.29 is 9.53 Å². The van der Waals surface area contributed by atoms with Gasteiger partial charge in [0, 0.05) is 18.7 Å². The van der Waals surface area contributed by atoms with E-state index in [0.29, 0.717) is 12.5 Å². The highest BCUT2D eigenvalue weighted by atomic mass is 16.5. The highest BCUT2D eigenvalue weighted by molar-refractivity contribution is 6.00. The zero-order valence-electron chi connectivity index (χ0n) is 16.5. The minimum atomic E-state index is -0.230. The maximum absolute atomic E-state index is 13.2. The molecule has 1 N–H and O–H groups in total. The van der Waals surface area contributed by atoms with Crippen molar-refractivity contribution in [2.45, 2.75) is 38.8 Å². The van der Waals surface area contributed by atoms with Crippen molar-refractivity contribution in [2.75, 3.05) is 17.3 Å². The quantitative estimate of drug-likeness (QED) is 0.706. The molecular weight excluding hydrogens is 366 g/mol. The lowest BCUT2D eigenvalue weighted by Gasteiger charge is -2.23. The molecule has 0 unspecified atom stereocenters. The van der Waals surface area contributed by atoms with Crippen LogP contribution in [0.1, 0.15) is 30.7 Å². The van der Waals surface area contributed by atoms with Crippen LogP contribution in [0.15, 0.2) is 54.6 Å². The van der Waals surface area contributed by atoms with Gasteiger partial charge in [0.25, 0.3) is 0 Å². The van der Waals surface area contributed by atoms with Gasteiger partial charge in [-0.25, -0.2) is 4.79 Å². The number of para-hydroxylation sites is 1. The number of anilines is 2. The molecule has 1 aromatic heterocycles. The van der Waals surface area contributed by atoms with E-state index in [0.717, 1.165) is 55.1 Å². The van der Waals surface area contributed by atoms with Crippen LogP contribution >= 0.6 is 0 Å². The number of nitrogens with zero attached hydrogens (tertiary/aromatic N) is 4. The number of nitrogens with one attached hydrogen (secondary N) is 1. The first-order chi connectivity index (χ1) is 14.2. The van der Waals surface area contributed by atoms with Gasteiger partial charge in [0.15, 0.2) is 0 Å². The Morgan fingerprint density at radius 3 is 2.62 bits per heavy atom. The Hall–Kier alpha value is -3.35. The maximum Gasteiger partial charge on any atom is 0.329 e. The maximum atomic E-state index is 13.2. The summed E-state index contributed by atoms with van der Waals surface area (Å²) in [7, 11) is 1.64. The van der Waals surface area contributed by atoms with Crippen LogP contribution in [0.3, 0.4) is 0 Å². The van der Waals surface area contributed by atoms with Gasteiger partial charge in [-0.3, -0.25) is 9.47 Å².